The number of methoxy groups -OCH3 is 1. The third-order valence-electron chi connectivity index (χ3n) is 6.89. The van der Waals surface area contributed by atoms with Crippen LogP contribution in [0.3, 0.4) is 0 Å². The molecule has 0 saturated carbocycles. The number of hydrogen-bond donors (Lipinski definition) is 1. The molecule has 0 bridgehead atoms. The molecule has 5 rings (SSSR count). The van der Waals surface area contributed by atoms with Gasteiger partial charge >= 0.3 is 6.18 Å². The van der Waals surface area contributed by atoms with E-state index in [2.05, 4.69) is 5.32 Å². The number of pyridine rings is 1. The third kappa shape index (κ3) is 6.57. The zero-order valence-electron chi connectivity index (χ0n) is 23.2. The van der Waals surface area contributed by atoms with E-state index in [1.165, 1.54) is 6.07 Å². The number of carbonyl (C=O) groups is 1. The summed E-state index contributed by atoms with van der Waals surface area (Å²) in [4.78, 5) is 17.7. The molecule has 0 saturated heterocycles. The molecule has 2 heterocycles. The van der Waals surface area contributed by atoms with E-state index in [1.807, 2.05) is 78.2 Å². The van der Waals surface area contributed by atoms with Gasteiger partial charge in [0.15, 0.2) is 0 Å². The van der Waals surface area contributed by atoms with Crippen molar-refractivity contribution in [1.29, 1.82) is 0 Å². The second-order valence-electron chi connectivity index (χ2n) is 9.72. The zero-order chi connectivity index (χ0) is 29.7. The molecule has 0 spiro atoms. The zero-order valence-corrected chi connectivity index (χ0v) is 23.2. The number of aromatic nitrogens is 2. The van der Waals surface area contributed by atoms with E-state index < -0.39 is 11.7 Å². The molecule has 0 aliphatic rings. The van der Waals surface area contributed by atoms with E-state index in [1.54, 1.807) is 13.2 Å². The maximum Gasteiger partial charge on any atom is 0.416 e. The summed E-state index contributed by atoms with van der Waals surface area (Å²) in [6.07, 6.45) is -1.96. The van der Waals surface area contributed by atoms with Crippen LogP contribution in [-0.4, -0.2) is 29.0 Å². The first-order valence-corrected chi connectivity index (χ1v) is 13.6. The highest BCUT2D eigenvalue weighted by Gasteiger charge is 2.30. The lowest BCUT2D eigenvalue weighted by molar-refractivity contribution is -0.137. The molecule has 5 aromatic rings. The number of alkyl halides is 3. The van der Waals surface area contributed by atoms with Crippen LogP contribution in [0.5, 0.6) is 11.5 Å². The van der Waals surface area contributed by atoms with E-state index in [9.17, 15) is 18.0 Å². The van der Waals surface area contributed by atoms with E-state index in [4.69, 9.17) is 14.5 Å². The predicted octanol–water partition coefficient (Wildman–Crippen LogP) is 7.34. The van der Waals surface area contributed by atoms with Crippen molar-refractivity contribution in [3.05, 3.63) is 108 Å². The van der Waals surface area contributed by atoms with Crippen molar-refractivity contribution in [2.45, 2.75) is 32.5 Å². The fourth-order valence-electron chi connectivity index (χ4n) is 4.79. The van der Waals surface area contributed by atoms with Crippen molar-refractivity contribution < 1.29 is 27.4 Å². The van der Waals surface area contributed by atoms with Gasteiger partial charge in [-0.3, -0.25) is 4.79 Å². The Balaban J connectivity index is 1.42. The van der Waals surface area contributed by atoms with E-state index in [0.29, 0.717) is 18.6 Å². The van der Waals surface area contributed by atoms with Gasteiger partial charge in [0.05, 0.1) is 30.7 Å². The van der Waals surface area contributed by atoms with Crippen LogP contribution in [0.4, 0.5) is 13.2 Å². The Hall–Kier alpha value is -4.79. The summed E-state index contributed by atoms with van der Waals surface area (Å²) in [5.74, 6) is 1.22. The van der Waals surface area contributed by atoms with Crippen molar-refractivity contribution in [2.75, 3.05) is 13.7 Å². The number of nitrogens with one attached hydrogen (secondary N) is 1. The predicted molar refractivity (Wildman–Crippen MR) is 155 cm³/mol. The highest BCUT2D eigenvalue weighted by atomic mass is 19.4. The summed E-state index contributed by atoms with van der Waals surface area (Å²) in [5.41, 5.74) is 4.75. The lowest BCUT2D eigenvalue weighted by Crippen LogP contribution is -2.23. The van der Waals surface area contributed by atoms with Crippen LogP contribution in [0.2, 0.25) is 0 Å². The molecule has 42 heavy (non-hydrogen) atoms. The summed E-state index contributed by atoms with van der Waals surface area (Å²) >= 11 is 0. The second kappa shape index (κ2) is 12.4. The fourth-order valence-corrected chi connectivity index (χ4v) is 4.79. The van der Waals surface area contributed by atoms with E-state index >= 15 is 0 Å². The molecule has 0 radical (unpaired) electrons. The molecule has 1 amide bonds. The minimum absolute atomic E-state index is 0.00155. The van der Waals surface area contributed by atoms with Crippen LogP contribution in [0.1, 0.15) is 30.2 Å². The van der Waals surface area contributed by atoms with Crippen LogP contribution in [0.25, 0.3) is 28.0 Å². The number of hydrogen-bond acceptors (Lipinski definition) is 4. The number of nitrogens with zero attached hydrogens (tertiary/aromatic N) is 2. The summed E-state index contributed by atoms with van der Waals surface area (Å²) < 4.78 is 52.2. The first-order chi connectivity index (χ1) is 20.2. The number of fused-ring (bicyclic) bond motifs is 1. The van der Waals surface area contributed by atoms with Gasteiger partial charge in [0.25, 0.3) is 0 Å². The van der Waals surface area contributed by atoms with Gasteiger partial charge in [0.1, 0.15) is 17.1 Å². The number of carbonyl (C=O) groups excluding carboxylic acids is 1. The average Bonchev–Trinajstić information content (AvgIpc) is 3.37. The molecule has 9 heteroatoms. The molecule has 0 aliphatic carbocycles. The normalized spacial score (nSPS) is 11.5. The Kier molecular flexibility index (Phi) is 8.47. The topological polar surface area (TPSA) is 64.9 Å². The van der Waals surface area contributed by atoms with E-state index in [0.717, 1.165) is 57.4 Å². The standard InChI is InChI=1S/C33H30F3N3O3/c1-3-42-28-9-5-7-24(19-28)25-12-16-30-38-32(23-10-13-27(41-2)14-11-23)29(39(30)21-25)15-17-31(40)37-20-22-6-4-8-26(18-22)33(34,35)36/h4-14,16,18-19,21H,3,15,17,20H2,1-2H3,(H,37,40). The first-order valence-electron chi connectivity index (χ1n) is 13.6. The van der Waals surface area contributed by atoms with Crippen molar-refractivity contribution in [2.24, 2.45) is 0 Å². The summed E-state index contributed by atoms with van der Waals surface area (Å²) in [7, 11) is 1.60. The van der Waals surface area contributed by atoms with Gasteiger partial charge in [-0.15, -0.1) is 0 Å². The summed E-state index contributed by atoms with van der Waals surface area (Å²) in [6, 6.07) is 24.3. The Labute approximate surface area is 241 Å². The van der Waals surface area contributed by atoms with Crippen LogP contribution >= 0.6 is 0 Å². The Bertz CT molecular complexity index is 1690. The molecular formula is C33H30F3N3O3. The Morgan fingerprint density at radius 1 is 0.905 bits per heavy atom. The van der Waals surface area contributed by atoms with Crippen LogP contribution in [0, 0.1) is 0 Å². The number of halogens is 3. The highest BCUT2D eigenvalue weighted by Crippen LogP contribution is 2.31. The average molecular weight is 574 g/mol. The Morgan fingerprint density at radius 2 is 1.67 bits per heavy atom. The van der Waals surface area contributed by atoms with Gasteiger partial charge < -0.3 is 19.2 Å². The largest absolute Gasteiger partial charge is 0.497 e. The van der Waals surface area contributed by atoms with E-state index in [-0.39, 0.29) is 18.9 Å². The molecule has 216 valence electrons. The molecule has 0 aliphatic heterocycles. The van der Waals surface area contributed by atoms with Crippen LogP contribution in [0.15, 0.2) is 91.1 Å². The fraction of sp³-hybridized carbons (Fsp3) is 0.212. The van der Waals surface area contributed by atoms with Crippen molar-refractivity contribution >= 4 is 11.6 Å². The molecule has 3 aromatic carbocycles. The molecule has 2 aromatic heterocycles. The van der Waals surface area contributed by atoms with Gasteiger partial charge in [-0.05, 0) is 90.7 Å². The number of imidazole rings is 1. The highest BCUT2D eigenvalue weighted by molar-refractivity contribution is 5.77. The summed E-state index contributed by atoms with van der Waals surface area (Å²) in [6.45, 7) is 2.50. The number of benzene rings is 3. The molecule has 0 atom stereocenters. The van der Waals surface area contributed by atoms with Gasteiger partial charge in [-0.25, -0.2) is 4.98 Å². The van der Waals surface area contributed by atoms with Gasteiger partial charge in [-0.2, -0.15) is 13.2 Å². The number of amides is 1. The molecular weight excluding hydrogens is 543 g/mol. The molecule has 6 nitrogen and oxygen atoms in total. The van der Waals surface area contributed by atoms with Crippen LogP contribution in [-0.2, 0) is 23.9 Å². The third-order valence-corrected chi connectivity index (χ3v) is 6.89. The van der Waals surface area contributed by atoms with Crippen molar-refractivity contribution in [1.82, 2.24) is 14.7 Å². The maximum absolute atomic E-state index is 13.1. The SMILES string of the molecule is CCOc1cccc(-c2ccc3nc(-c4ccc(OC)cc4)c(CCC(=O)NCc4cccc(C(F)(F)F)c4)n3c2)c1. The maximum atomic E-state index is 13.1. The minimum atomic E-state index is -4.44. The van der Waals surface area contributed by atoms with Gasteiger partial charge in [0, 0.05) is 24.7 Å². The minimum Gasteiger partial charge on any atom is -0.497 e. The first kappa shape index (κ1) is 28.7. The Morgan fingerprint density at radius 3 is 2.40 bits per heavy atom. The van der Waals surface area contributed by atoms with Gasteiger partial charge in [-0.1, -0.05) is 24.3 Å². The number of ether oxygens (including phenoxy) is 2. The lowest BCUT2D eigenvalue weighted by atomic mass is 10.1. The van der Waals surface area contributed by atoms with Crippen LogP contribution < -0.4 is 14.8 Å². The van der Waals surface area contributed by atoms with Gasteiger partial charge in [0.2, 0.25) is 5.91 Å². The number of aryl methyl sites for hydroxylation is 1. The second-order valence-corrected chi connectivity index (χ2v) is 9.72. The summed E-state index contributed by atoms with van der Waals surface area (Å²) in [5, 5.41) is 2.75. The quantitative estimate of drug-likeness (QED) is 0.190. The molecule has 0 unspecified atom stereocenters. The molecule has 0 fully saturated rings. The lowest BCUT2D eigenvalue weighted by Gasteiger charge is -2.11. The van der Waals surface area contributed by atoms with Crippen molar-refractivity contribution in [3.63, 3.8) is 0 Å². The molecule has 1 N–H and O–H groups in total. The smallest absolute Gasteiger partial charge is 0.416 e. The monoisotopic (exact) mass is 573 g/mol. The number of rotatable bonds is 10. The van der Waals surface area contributed by atoms with Crippen molar-refractivity contribution in [3.8, 4) is 33.9 Å².